The molecular weight excluding hydrogens is 372 g/mol. The Bertz CT molecular complexity index is 805. The van der Waals surface area contributed by atoms with Crippen LogP contribution in [-0.2, 0) is 19.6 Å². The van der Waals surface area contributed by atoms with Gasteiger partial charge >= 0.3 is 0 Å². The van der Waals surface area contributed by atoms with Crippen molar-refractivity contribution in [1.82, 2.24) is 19.8 Å². The second-order valence-corrected chi connectivity index (χ2v) is 8.62. The second-order valence-electron chi connectivity index (χ2n) is 6.47. The minimum Gasteiger partial charge on any atom is -0.352 e. The molecule has 10 heteroatoms. The first-order valence-corrected chi connectivity index (χ1v) is 9.73. The summed E-state index contributed by atoms with van der Waals surface area (Å²) in [6, 6.07) is 5.50. The largest absolute Gasteiger partial charge is 0.352 e. The molecule has 150 valence electrons. The number of rotatable bonds is 8. The van der Waals surface area contributed by atoms with E-state index in [4.69, 9.17) is 0 Å². The highest BCUT2D eigenvalue weighted by Gasteiger charge is 2.19. The molecule has 0 aromatic heterocycles. The summed E-state index contributed by atoms with van der Waals surface area (Å²) >= 11 is 0. The molecule has 0 radical (unpaired) electrons. The van der Waals surface area contributed by atoms with Crippen molar-refractivity contribution in [1.29, 1.82) is 0 Å². The van der Waals surface area contributed by atoms with Crippen LogP contribution < -0.4 is 10.6 Å². The van der Waals surface area contributed by atoms with Crippen molar-refractivity contribution >= 4 is 27.7 Å². The normalized spacial score (nSPS) is 11.4. The van der Waals surface area contributed by atoms with E-state index in [1.807, 2.05) is 13.8 Å². The Labute approximate surface area is 159 Å². The Kier molecular flexibility index (Phi) is 7.92. The van der Waals surface area contributed by atoms with Gasteiger partial charge < -0.3 is 15.5 Å². The topological polar surface area (TPSA) is 116 Å². The van der Waals surface area contributed by atoms with Crippen LogP contribution in [0, 0.1) is 0 Å². The van der Waals surface area contributed by atoms with Gasteiger partial charge in [-0.05, 0) is 32.0 Å². The molecule has 0 unspecified atom stereocenters. The quantitative estimate of drug-likeness (QED) is 0.621. The van der Waals surface area contributed by atoms with E-state index >= 15 is 0 Å². The number of carbonyl (C=O) groups is 3. The van der Waals surface area contributed by atoms with Gasteiger partial charge in [-0.15, -0.1) is 0 Å². The molecule has 1 aromatic carbocycles. The molecule has 0 aliphatic rings. The summed E-state index contributed by atoms with van der Waals surface area (Å²) in [5, 5.41) is 5.10. The Morgan fingerprint density at radius 3 is 2.30 bits per heavy atom. The minimum atomic E-state index is -3.67. The van der Waals surface area contributed by atoms with E-state index in [9.17, 15) is 22.8 Å². The molecule has 27 heavy (non-hydrogen) atoms. The third-order valence-corrected chi connectivity index (χ3v) is 5.34. The molecule has 0 aliphatic carbocycles. The van der Waals surface area contributed by atoms with Crippen LogP contribution in [0.5, 0.6) is 0 Å². The van der Waals surface area contributed by atoms with Crippen LogP contribution in [0.4, 0.5) is 0 Å². The van der Waals surface area contributed by atoms with Crippen molar-refractivity contribution in [3.05, 3.63) is 29.8 Å². The van der Waals surface area contributed by atoms with Crippen LogP contribution >= 0.6 is 0 Å². The van der Waals surface area contributed by atoms with E-state index in [0.29, 0.717) is 0 Å². The fourth-order valence-corrected chi connectivity index (χ4v) is 3.02. The standard InChI is InChI=1S/C17H26N4O5S/c1-12(2)19-15(22)11-21(5)16(23)10-18-17(24)13-7-6-8-14(9-13)27(25,26)20(3)4/h6-9,12H,10-11H2,1-5H3,(H,18,24)(H,19,22). The molecule has 0 saturated carbocycles. The number of hydrogen-bond donors (Lipinski definition) is 2. The summed E-state index contributed by atoms with van der Waals surface area (Å²) in [7, 11) is 0.579. The first-order valence-electron chi connectivity index (χ1n) is 8.29. The summed E-state index contributed by atoms with van der Waals surface area (Å²) in [5.74, 6) is -1.33. The number of hydrogen-bond acceptors (Lipinski definition) is 5. The van der Waals surface area contributed by atoms with E-state index in [0.717, 1.165) is 4.31 Å². The van der Waals surface area contributed by atoms with Gasteiger partial charge in [0.05, 0.1) is 18.0 Å². The highest BCUT2D eigenvalue weighted by molar-refractivity contribution is 7.89. The van der Waals surface area contributed by atoms with Gasteiger partial charge in [0, 0.05) is 32.7 Å². The summed E-state index contributed by atoms with van der Waals surface area (Å²) < 4.78 is 25.3. The average molecular weight is 398 g/mol. The zero-order chi connectivity index (χ0) is 20.8. The van der Waals surface area contributed by atoms with Gasteiger partial charge in [0.2, 0.25) is 21.8 Å². The van der Waals surface area contributed by atoms with E-state index in [1.165, 1.54) is 50.3 Å². The van der Waals surface area contributed by atoms with Crippen molar-refractivity contribution in [3.63, 3.8) is 0 Å². The first-order chi connectivity index (χ1) is 12.4. The zero-order valence-electron chi connectivity index (χ0n) is 16.1. The molecule has 0 saturated heterocycles. The molecule has 9 nitrogen and oxygen atoms in total. The smallest absolute Gasteiger partial charge is 0.251 e. The van der Waals surface area contributed by atoms with Crippen molar-refractivity contribution in [2.75, 3.05) is 34.2 Å². The molecule has 0 spiro atoms. The highest BCUT2D eigenvalue weighted by atomic mass is 32.2. The molecule has 0 heterocycles. The van der Waals surface area contributed by atoms with Crippen molar-refractivity contribution in [2.24, 2.45) is 0 Å². The van der Waals surface area contributed by atoms with E-state index < -0.39 is 21.8 Å². The lowest BCUT2D eigenvalue weighted by atomic mass is 10.2. The fourth-order valence-electron chi connectivity index (χ4n) is 2.07. The monoisotopic (exact) mass is 398 g/mol. The van der Waals surface area contributed by atoms with Crippen LogP contribution in [0.25, 0.3) is 0 Å². The summed E-state index contributed by atoms with van der Waals surface area (Å²) in [6.07, 6.45) is 0. The Morgan fingerprint density at radius 1 is 1.11 bits per heavy atom. The average Bonchev–Trinajstić information content (AvgIpc) is 2.58. The van der Waals surface area contributed by atoms with Crippen LogP contribution in [0.3, 0.4) is 0 Å². The van der Waals surface area contributed by atoms with E-state index in [1.54, 1.807) is 0 Å². The SMILES string of the molecule is CC(C)NC(=O)CN(C)C(=O)CNC(=O)c1cccc(S(=O)(=O)N(C)C)c1. The maximum atomic E-state index is 12.2. The lowest BCUT2D eigenvalue weighted by Crippen LogP contribution is -2.44. The van der Waals surface area contributed by atoms with Gasteiger partial charge in [0.1, 0.15) is 0 Å². The predicted octanol–water partition coefficient (Wildman–Crippen LogP) is -0.350. The molecule has 0 atom stereocenters. The molecule has 0 aliphatic heterocycles. The second kappa shape index (κ2) is 9.47. The van der Waals surface area contributed by atoms with Crippen molar-refractivity contribution < 1.29 is 22.8 Å². The molecule has 0 fully saturated rings. The highest BCUT2D eigenvalue weighted by Crippen LogP contribution is 2.14. The number of amides is 3. The van der Waals surface area contributed by atoms with Crippen molar-refractivity contribution in [3.8, 4) is 0 Å². The maximum Gasteiger partial charge on any atom is 0.251 e. The molecule has 1 aromatic rings. The number of nitrogens with zero attached hydrogens (tertiary/aromatic N) is 2. The number of nitrogens with one attached hydrogen (secondary N) is 2. The zero-order valence-corrected chi connectivity index (χ0v) is 17.0. The number of sulfonamides is 1. The predicted molar refractivity (Wildman–Crippen MR) is 101 cm³/mol. The Balaban J connectivity index is 2.70. The van der Waals surface area contributed by atoms with Crippen LogP contribution in [-0.4, -0.2) is 75.6 Å². The van der Waals surface area contributed by atoms with Crippen LogP contribution in [0.2, 0.25) is 0 Å². The Hall–Kier alpha value is -2.46. The molecule has 2 N–H and O–H groups in total. The van der Waals surface area contributed by atoms with Gasteiger partial charge in [-0.1, -0.05) is 6.07 Å². The molecular formula is C17H26N4O5S. The lowest BCUT2D eigenvalue weighted by Gasteiger charge is -2.18. The Morgan fingerprint density at radius 2 is 1.74 bits per heavy atom. The third kappa shape index (κ3) is 6.65. The van der Waals surface area contributed by atoms with Crippen molar-refractivity contribution in [2.45, 2.75) is 24.8 Å². The van der Waals surface area contributed by atoms with Gasteiger partial charge in [-0.2, -0.15) is 0 Å². The minimum absolute atomic E-state index is 0.0195. The van der Waals surface area contributed by atoms with E-state index in [-0.39, 0.29) is 35.5 Å². The summed E-state index contributed by atoms with van der Waals surface area (Å²) in [4.78, 5) is 37.1. The third-order valence-electron chi connectivity index (χ3n) is 3.53. The van der Waals surface area contributed by atoms with E-state index in [2.05, 4.69) is 10.6 Å². The number of benzene rings is 1. The van der Waals surface area contributed by atoms with Gasteiger partial charge in [-0.25, -0.2) is 12.7 Å². The molecule has 0 bridgehead atoms. The summed E-state index contributed by atoms with van der Waals surface area (Å²) in [6.45, 7) is 3.19. The lowest BCUT2D eigenvalue weighted by molar-refractivity contribution is -0.134. The van der Waals surface area contributed by atoms with Gasteiger partial charge in [-0.3, -0.25) is 14.4 Å². The number of carbonyl (C=O) groups excluding carboxylic acids is 3. The van der Waals surface area contributed by atoms with Crippen LogP contribution in [0.15, 0.2) is 29.2 Å². The van der Waals surface area contributed by atoms with Gasteiger partial charge in [0.15, 0.2) is 0 Å². The maximum absolute atomic E-state index is 12.2. The van der Waals surface area contributed by atoms with Crippen LogP contribution in [0.1, 0.15) is 24.2 Å². The molecule has 1 rings (SSSR count). The van der Waals surface area contributed by atoms with Gasteiger partial charge in [0.25, 0.3) is 5.91 Å². The summed E-state index contributed by atoms with van der Waals surface area (Å²) in [5.41, 5.74) is 0.117. The first kappa shape index (κ1) is 22.6. The molecule has 3 amide bonds. The fraction of sp³-hybridized carbons (Fsp3) is 0.471. The number of likely N-dealkylation sites (N-methyl/N-ethyl adjacent to an activating group) is 1.